The highest BCUT2D eigenvalue weighted by Crippen LogP contribution is 2.42. The molecule has 2 atom stereocenters. The molecule has 0 aliphatic carbocycles. The third-order valence-electron chi connectivity index (χ3n) is 7.82. The highest BCUT2D eigenvalue weighted by Gasteiger charge is 2.41. The minimum atomic E-state index is 0.00579. The van der Waals surface area contributed by atoms with Crippen LogP contribution in [-0.2, 0) is 4.74 Å². The molecule has 0 unspecified atom stereocenters. The molecule has 1 N–H and O–H groups in total. The predicted molar refractivity (Wildman–Crippen MR) is 153 cm³/mol. The largest absolute Gasteiger partial charge is 0.379 e. The van der Waals surface area contributed by atoms with Gasteiger partial charge in [0.2, 0.25) is 0 Å². The minimum Gasteiger partial charge on any atom is -0.379 e. The topological polar surface area (TPSA) is 45.6 Å². The summed E-state index contributed by atoms with van der Waals surface area (Å²) in [4.78, 5) is 9.63. The molecule has 2 aliphatic rings. The van der Waals surface area contributed by atoms with E-state index < -0.39 is 0 Å². The monoisotopic (exact) mass is 517 g/mol. The minimum absolute atomic E-state index is 0.00579. The Kier molecular flexibility index (Phi) is 7.65. The molecule has 0 spiro atoms. The average Bonchev–Trinajstić information content (AvgIpc) is 3.35. The van der Waals surface area contributed by atoms with Crippen molar-refractivity contribution >= 4 is 17.3 Å². The zero-order chi connectivity index (χ0) is 26.1. The molecule has 6 nitrogen and oxygen atoms in total. The summed E-state index contributed by atoms with van der Waals surface area (Å²) in [5.74, 6) is 0. The molecule has 196 valence electrons. The quantitative estimate of drug-likeness (QED) is 0.440. The Hall–Kier alpha value is -2.74. The summed E-state index contributed by atoms with van der Waals surface area (Å²) in [6.45, 7) is 16.7. The van der Waals surface area contributed by atoms with Crippen molar-refractivity contribution in [1.82, 2.24) is 24.7 Å². The summed E-state index contributed by atoms with van der Waals surface area (Å²) in [6.07, 6.45) is 2.93. The molecule has 2 saturated heterocycles. The molecule has 5 rings (SSSR count). The second kappa shape index (κ2) is 10.9. The zero-order valence-corrected chi connectivity index (χ0v) is 23.6. The fraction of sp³-hybridized carbons (Fsp3) is 0.467. The number of ether oxygens (including phenoxy) is 1. The maximum absolute atomic E-state index is 5.94. The Labute approximate surface area is 226 Å². The average molecular weight is 518 g/mol. The van der Waals surface area contributed by atoms with E-state index in [1.807, 2.05) is 12.3 Å². The summed E-state index contributed by atoms with van der Waals surface area (Å²) in [7, 11) is 0. The Bertz CT molecular complexity index is 1240. The molecule has 2 aromatic heterocycles. The molecule has 37 heavy (non-hydrogen) atoms. The second-order valence-electron chi connectivity index (χ2n) is 10.5. The van der Waals surface area contributed by atoms with Crippen LogP contribution in [0.3, 0.4) is 0 Å². The van der Waals surface area contributed by atoms with Crippen LogP contribution < -0.4 is 5.32 Å². The summed E-state index contributed by atoms with van der Waals surface area (Å²) < 4.78 is 7.96. The van der Waals surface area contributed by atoms with Crippen molar-refractivity contribution < 1.29 is 4.74 Å². The van der Waals surface area contributed by atoms with Crippen molar-refractivity contribution in [1.29, 1.82) is 0 Å². The van der Waals surface area contributed by atoms with Gasteiger partial charge in [-0.3, -0.25) is 9.88 Å². The van der Waals surface area contributed by atoms with Gasteiger partial charge in [0.15, 0.2) is 5.11 Å². The van der Waals surface area contributed by atoms with Crippen molar-refractivity contribution in [2.75, 3.05) is 39.4 Å². The van der Waals surface area contributed by atoms with Crippen LogP contribution in [0.5, 0.6) is 0 Å². The number of nitrogens with one attached hydrogen (secondary N) is 1. The van der Waals surface area contributed by atoms with E-state index in [1.165, 1.54) is 39.3 Å². The lowest BCUT2D eigenvalue weighted by Gasteiger charge is -2.30. The smallest absolute Gasteiger partial charge is 0.170 e. The summed E-state index contributed by atoms with van der Waals surface area (Å²) >= 11 is 5.94. The van der Waals surface area contributed by atoms with E-state index in [1.54, 1.807) is 0 Å². The maximum atomic E-state index is 5.94. The maximum Gasteiger partial charge on any atom is 0.170 e. The SMILES string of the molecule is Cc1cc(C)c(-n2c(C)cc([C@@H]3[C@H](c4ccccn4)NC(=S)N3CCCN3CCOCC3)c2C)c(C)c1. The molecule has 0 bridgehead atoms. The van der Waals surface area contributed by atoms with Crippen LogP contribution in [0.15, 0.2) is 42.6 Å². The van der Waals surface area contributed by atoms with Crippen LogP contribution >= 0.6 is 12.2 Å². The van der Waals surface area contributed by atoms with E-state index in [2.05, 4.69) is 84.6 Å². The molecule has 7 heteroatoms. The summed E-state index contributed by atoms with van der Waals surface area (Å²) in [5.41, 5.74) is 10.0. The standard InChI is InChI=1S/C30H39N5OS/c1-20-17-21(2)28(22(3)18-20)35-23(4)19-25(24(35)5)29-27(26-9-6-7-10-31-26)32-30(37)34(29)12-8-11-33-13-15-36-16-14-33/h6-7,9-10,17-19,27,29H,8,11-16H2,1-5H3,(H,32,37)/t27-,29+/m0/s1. The molecular formula is C30H39N5OS. The second-order valence-corrected chi connectivity index (χ2v) is 10.9. The van der Waals surface area contributed by atoms with Crippen molar-refractivity contribution in [3.8, 4) is 5.69 Å². The fourth-order valence-corrected chi connectivity index (χ4v) is 6.56. The van der Waals surface area contributed by atoms with Crippen LogP contribution in [-0.4, -0.2) is 63.9 Å². The first-order valence-corrected chi connectivity index (χ1v) is 13.8. The van der Waals surface area contributed by atoms with Gasteiger partial charge < -0.3 is 19.5 Å². The van der Waals surface area contributed by atoms with Crippen molar-refractivity contribution in [3.63, 3.8) is 0 Å². The number of thiocarbonyl (C=S) groups is 1. The normalized spacial score (nSPS) is 20.5. The zero-order valence-electron chi connectivity index (χ0n) is 22.8. The van der Waals surface area contributed by atoms with Gasteiger partial charge in [0.05, 0.1) is 36.7 Å². The van der Waals surface area contributed by atoms with Crippen LogP contribution in [0.25, 0.3) is 5.69 Å². The van der Waals surface area contributed by atoms with E-state index in [0.29, 0.717) is 0 Å². The fourth-order valence-electron chi connectivity index (χ4n) is 6.23. The summed E-state index contributed by atoms with van der Waals surface area (Å²) in [6, 6.07) is 13.2. The van der Waals surface area contributed by atoms with Crippen LogP contribution in [0.1, 0.15) is 57.8 Å². The molecule has 2 aliphatic heterocycles. The molecule has 1 aromatic carbocycles. The van der Waals surface area contributed by atoms with Gasteiger partial charge in [0, 0.05) is 43.8 Å². The Morgan fingerprint density at radius 3 is 2.41 bits per heavy atom. The molecule has 0 radical (unpaired) electrons. The van der Waals surface area contributed by atoms with E-state index in [9.17, 15) is 0 Å². The number of rotatable bonds is 7. The van der Waals surface area contributed by atoms with Gasteiger partial charge in [-0.05, 0) is 88.1 Å². The molecular weight excluding hydrogens is 478 g/mol. The predicted octanol–water partition coefficient (Wildman–Crippen LogP) is 5.11. The number of morpholine rings is 1. The van der Waals surface area contributed by atoms with Gasteiger partial charge in [-0.1, -0.05) is 23.8 Å². The lowest BCUT2D eigenvalue weighted by molar-refractivity contribution is 0.0365. The molecule has 2 fully saturated rings. The first-order chi connectivity index (χ1) is 17.8. The van der Waals surface area contributed by atoms with Crippen molar-refractivity contribution in [2.24, 2.45) is 0 Å². The first-order valence-electron chi connectivity index (χ1n) is 13.4. The van der Waals surface area contributed by atoms with Gasteiger partial charge in [-0.2, -0.15) is 0 Å². The highest BCUT2D eigenvalue weighted by atomic mass is 32.1. The lowest BCUT2D eigenvalue weighted by atomic mass is 9.96. The highest BCUT2D eigenvalue weighted by molar-refractivity contribution is 7.80. The third kappa shape index (κ3) is 5.17. The Balaban J connectivity index is 1.51. The van der Waals surface area contributed by atoms with Crippen molar-refractivity contribution in [3.05, 3.63) is 81.9 Å². The van der Waals surface area contributed by atoms with Crippen LogP contribution in [0.2, 0.25) is 0 Å². The number of aromatic nitrogens is 2. The van der Waals surface area contributed by atoms with E-state index in [4.69, 9.17) is 21.9 Å². The summed E-state index contributed by atoms with van der Waals surface area (Å²) in [5, 5.41) is 4.45. The molecule has 0 saturated carbocycles. The number of hydrogen-bond donors (Lipinski definition) is 1. The third-order valence-corrected chi connectivity index (χ3v) is 8.18. The van der Waals surface area contributed by atoms with Gasteiger partial charge in [-0.25, -0.2) is 0 Å². The Morgan fingerprint density at radius 2 is 1.73 bits per heavy atom. The van der Waals surface area contributed by atoms with Gasteiger partial charge >= 0.3 is 0 Å². The number of hydrogen-bond acceptors (Lipinski definition) is 4. The van der Waals surface area contributed by atoms with E-state index in [-0.39, 0.29) is 12.1 Å². The van der Waals surface area contributed by atoms with Crippen molar-refractivity contribution in [2.45, 2.75) is 53.1 Å². The van der Waals surface area contributed by atoms with Crippen LogP contribution in [0.4, 0.5) is 0 Å². The molecule has 0 amide bonds. The van der Waals surface area contributed by atoms with E-state index >= 15 is 0 Å². The van der Waals surface area contributed by atoms with Gasteiger partial charge in [0.25, 0.3) is 0 Å². The molecule has 3 aromatic rings. The van der Waals surface area contributed by atoms with Gasteiger partial charge in [-0.15, -0.1) is 0 Å². The number of benzene rings is 1. The van der Waals surface area contributed by atoms with E-state index in [0.717, 1.165) is 56.6 Å². The van der Waals surface area contributed by atoms with Crippen LogP contribution in [0, 0.1) is 34.6 Å². The number of nitrogens with zero attached hydrogens (tertiary/aromatic N) is 4. The van der Waals surface area contributed by atoms with Gasteiger partial charge in [0.1, 0.15) is 0 Å². The Morgan fingerprint density at radius 1 is 1.00 bits per heavy atom. The number of aryl methyl sites for hydroxylation is 4. The lowest BCUT2D eigenvalue weighted by Crippen LogP contribution is -2.39. The number of pyridine rings is 1. The molecule has 4 heterocycles. The first kappa shape index (κ1) is 25.9.